The first-order chi connectivity index (χ1) is 18.8. The maximum Gasteiger partial charge on any atom is 0.508 e. The van der Waals surface area contributed by atoms with E-state index in [1.54, 1.807) is 4.90 Å². The lowest BCUT2D eigenvalue weighted by atomic mass is 10.2. The number of rotatable bonds is 23. The van der Waals surface area contributed by atoms with Crippen LogP contribution in [0.25, 0.3) is 0 Å². The van der Waals surface area contributed by atoms with Gasteiger partial charge in [0, 0.05) is 26.1 Å². The fraction of sp³-hybridized carbons (Fsp3) is 0.808. The Morgan fingerprint density at radius 1 is 0.615 bits per heavy atom. The second-order valence-electron chi connectivity index (χ2n) is 8.79. The zero-order chi connectivity index (χ0) is 29.1. The first-order valence-electron chi connectivity index (χ1n) is 13.8. The highest BCUT2D eigenvalue weighted by atomic mass is 16.7. The van der Waals surface area contributed by atoms with Gasteiger partial charge in [0.2, 0.25) is 0 Å². The fourth-order valence-electron chi connectivity index (χ4n) is 3.07. The van der Waals surface area contributed by atoms with Gasteiger partial charge in [0.05, 0.1) is 33.0 Å². The number of unbranched alkanes of at least 4 members (excludes halogenated alkanes) is 2. The lowest BCUT2D eigenvalue weighted by Gasteiger charge is -2.20. The highest BCUT2D eigenvalue weighted by Gasteiger charge is 2.12. The summed E-state index contributed by atoms with van der Waals surface area (Å²) in [4.78, 5) is 59.6. The van der Waals surface area contributed by atoms with Gasteiger partial charge in [-0.2, -0.15) is 0 Å². The minimum atomic E-state index is -0.801. The predicted octanol–water partition coefficient (Wildman–Crippen LogP) is 3.19. The molecule has 0 bridgehead atoms. The molecule has 0 spiro atoms. The molecule has 0 aliphatic heterocycles. The van der Waals surface area contributed by atoms with Crippen molar-refractivity contribution in [1.82, 2.24) is 15.5 Å². The molecular weight excluding hydrogens is 514 g/mol. The topological polar surface area (TPSA) is 159 Å². The Hall–Kier alpha value is -3.09. The van der Waals surface area contributed by atoms with Crippen LogP contribution < -0.4 is 10.6 Å². The summed E-state index contributed by atoms with van der Waals surface area (Å²) in [7, 11) is 0. The van der Waals surface area contributed by atoms with Crippen LogP contribution in [0.15, 0.2) is 0 Å². The highest BCUT2D eigenvalue weighted by molar-refractivity contribution is 5.77. The van der Waals surface area contributed by atoms with Crippen LogP contribution in [0.3, 0.4) is 0 Å². The van der Waals surface area contributed by atoms with Gasteiger partial charge in [-0.1, -0.05) is 13.8 Å². The molecule has 0 atom stereocenters. The number of esters is 1. The normalized spacial score (nSPS) is 10.5. The highest BCUT2D eigenvalue weighted by Crippen LogP contribution is 2.01. The van der Waals surface area contributed by atoms with Crippen molar-refractivity contribution >= 4 is 30.1 Å². The molecule has 0 unspecified atom stereocenters. The van der Waals surface area contributed by atoms with Crippen LogP contribution in [-0.4, -0.2) is 101 Å². The average molecular weight is 562 g/mol. The van der Waals surface area contributed by atoms with Crippen LogP contribution in [0.5, 0.6) is 0 Å². The van der Waals surface area contributed by atoms with Crippen molar-refractivity contribution in [2.45, 2.75) is 72.1 Å². The first-order valence-corrected chi connectivity index (χ1v) is 13.8. The predicted molar refractivity (Wildman–Crippen MR) is 142 cm³/mol. The largest absolute Gasteiger partial charge is 0.508 e. The second kappa shape index (κ2) is 25.2. The van der Waals surface area contributed by atoms with Crippen molar-refractivity contribution < 1.29 is 47.7 Å². The van der Waals surface area contributed by atoms with E-state index < -0.39 is 18.3 Å². The standard InChI is InChI=1S/C26H47N3O10/c1-4-16-36-24(32)27-12-6-8-18-35-23(31)11-10-14-29(21-22(3)30)15-20-39-26(34)38-19-9-7-13-28-25(33)37-17-5-2/h4-21H2,1-3H3,(H,27,32)(H,28,33). The van der Waals surface area contributed by atoms with E-state index in [1.807, 2.05) is 13.8 Å². The van der Waals surface area contributed by atoms with Crippen LogP contribution in [0.1, 0.15) is 72.1 Å². The van der Waals surface area contributed by atoms with Gasteiger partial charge in [-0.15, -0.1) is 0 Å². The molecule has 13 heteroatoms. The van der Waals surface area contributed by atoms with Gasteiger partial charge in [0.25, 0.3) is 0 Å². The van der Waals surface area contributed by atoms with Crippen molar-refractivity contribution in [2.24, 2.45) is 0 Å². The first kappa shape index (κ1) is 35.9. The summed E-state index contributed by atoms with van der Waals surface area (Å²) in [6, 6.07) is 0. The molecule has 13 nitrogen and oxygen atoms in total. The van der Waals surface area contributed by atoms with E-state index in [4.69, 9.17) is 23.7 Å². The molecule has 226 valence electrons. The Kier molecular flexibility index (Phi) is 23.2. The Morgan fingerprint density at radius 3 is 1.69 bits per heavy atom. The third-order valence-corrected chi connectivity index (χ3v) is 4.97. The molecule has 0 saturated heterocycles. The minimum Gasteiger partial charge on any atom is -0.466 e. The third kappa shape index (κ3) is 25.0. The van der Waals surface area contributed by atoms with Crippen LogP contribution >= 0.6 is 0 Å². The molecule has 2 amide bonds. The number of ketones is 1. The number of carbonyl (C=O) groups is 5. The van der Waals surface area contributed by atoms with Gasteiger partial charge in [0.15, 0.2) is 0 Å². The molecule has 0 fully saturated rings. The summed E-state index contributed by atoms with van der Waals surface area (Å²) in [5, 5.41) is 5.23. The summed E-state index contributed by atoms with van der Waals surface area (Å²) in [6.45, 7) is 8.34. The number of alkyl carbamates (subject to hydrolysis) is 2. The van der Waals surface area contributed by atoms with E-state index in [2.05, 4.69) is 10.6 Å². The summed E-state index contributed by atoms with van der Waals surface area (Å²) in [6.07, 6.45) is 2.96. The van der Waals surface area contributed by atoms with Gasteiger partial charge in [0.1, 0.15) is 12.4 Å². The number of hydrogen-bond donors (Lipinski definition) is 2. The third-order valence-electron chi connectivity index (χ3n) is 4.97. The van der Waals surface area contributed by atoms with Crippen LogP contribution in [0.4, 0.5) is 14.4 Å². The number of carbonyl (C=O) groups excluding carboxylic acids is 5. The molecule has 0 aliphatic carbocycles. The minimum absolute atomic E-state index is 0.0421. The molecule has 0 aromatic carbocycles. The Bertz CT molecular complexity index is 655. The van der Waals surface area contributed by atoms with Gasteiger partial charge in [-0.25, -0.2) is 14.4 Å². The Balaban J connectivity index is 3.90. The molecule has 0 aromatic rings. The van der Waals surface area contributed by atoms with E-state index in [9.17, 15) is 24.0 Å². The molecule has 0 aliphatic rings. The van der Waals surface area contributed by atoms with Crippen molar-refractivity contribution in [3.05, 3.63) is 0 Å². The summed E-state index contributed by atoms with van der Waals surface area (Å²) in [5.41, 5.74) is 0. The number of ether oxygens (including phenoxy) is 5. The molecule has 2 N–H and O–H groups in total. The van der Waals surface area contributed by atoms with Crippen LogP contribution in [0.2, 0.25) is 0 Å². The van der Waals surface area contributed by atoms with Crippen LogP contribution in [0, 0.1) is 0 Å². The monoisotopic (exact) mass is 561 g/mol. The molecule has 0 radical (unpaired) electrons. The maximum atomic E-state index is 11.9. The number of amides is 2. The van der Waals surface area contributed by atoms with E-state index in [-0.39, 0.29) is 44.5 Å². The summed E-state index contributed by atoms with van der Waals surface area (Å²) < 4.78 is 25.0. The lowest BCUT2D eigenvalue weighted by molar-refractivity contribution is -0.143. The number of Topliss-reactive ketones (excluding diaryl/α,β-unsaturated/α-hetero) is 1. The van der Waals surface area contributed by atoms with E-state index >= 15 is 0 Å². The van der Waals surface area contributed by atoms with E-state index in [0.717, 1.165) is 12.8 Å². The maximum absolute atomic E-state index is 11.9. The number of nitrogens with zero attached hydrogens (tertiary/aromatic N) is 1. The van der Waals surface area contributed by atoms with Crippen molar-refractivity contribution in [2.75, 3.05) is 65.8 Å². The molecule has 0 saturated carbocycles. The van der Waals surface area contributed by atoms with E-state index in [1.165, 1.54) is 6.92 Å². The van der Waals surface area contributed by atoms with Crippen LogP contribution in [-0.2, 0) is 33.3 Å². The zero-order valence-electron chi connectivity index (χ0n) is 23.8. The van der Waals surface area contributed by atoms with Gasteiger partial charge in [-0.3, -0.25) is 14.5 Å². The molecule has 39 heavy (non-hydrogen) atoms. The van der Waals surface area contributed by atoms with Gasteiger partial charge in [-0.05, 0) is 58.4 Å². The van der Waals surface area contributed by atoms with Gasteiger partial charge >= 0.3 is 24.3 Å². The summed E-state index contributed by atoms with van der Waals surface area (Å²) in [5.74, 6) is -0.375. The number of nitrogens with one attached hydrogen (secondary N) is 2. The van der Waals surface area contributed by atoms with E-state index in [0.29, 0.717) is 71.5 Å². The molecule has 0 heterocycles. The number of hydrogen-bond acceptors (Lipinski definition) is 11. The smallest absolute Gasteiger partial charge is 0.466 e. The molecule has 0 rings (SSSR count). The average Bonchev–Trinajstić information content (AvgIpc) is 2.89. The SMILES string of the molecule is CCCOC(=O)NCCCCOC(=O)CCCN(CCOC(=O)OCCCCNC(=O)OCCC)CC(C)=O. The van der Waals surface area contributed by atoms with Gasteiger partial charge < -0.3 is 34.3 Å². The van der Waals surface area contributed by atoms with Crippen molar-refractivity contribution in [1.29, 1.82) is 0 Å². The summed E-state index contributed by atoms with van der Waals surface area (Å²) >= 11 is 0. The zero-order valence-corrected chi connectivity index (χ0v) is 23.8. The fourth-order valence-corrected chi connectivity index (χ4v) is 3.07. The Morgan fingerprint density at radius 2 is 1.15 bits per heavy atom. The molecular formula is C26H47N3O10. The second-order valence-corrected chi connectivity index (χ2v) is 8.79. The quantitative estimate of drug-likeness (QED) is 0.107. The molecule has 0 aromatic heterocycles. The van der Waals surface area contributed by atoms with Crippen molar-refractivity contribution in [3.8, 4) is 0 Å². The Labute approximate surface area is 231 Å². The van der Waals surface area contributed by atoms with Crippen molar-refractivity contribution in [3.63, 3.8) is 0 Å². The lowest BCUT2D eigenvalue weighted by Crippen LogP contribution is -2.33.